The summed E-state index contributed by atoms with van der Waals surface area (Å²) >= 11 is 1.72. The van der Waals surface area contributed by atoms with Crippen molar-refractivity contribution in [2.45, 2.75) is 18.3 Å². The van der Waals surface area contributed by atoms with Crippen molar-refractivity contribution in [3.8, 4) is 0 Å². The van der Waals surface area contributed by atoms with Crippen LogP contribution in [0.25, 0.3) is 0 Å². The fourth-order valence-electron chi connectivity index (χ4n) is 2.67. The summed E-state index contributed by atoms with van der Waals surface area (Å²) in [6.07, 6.45) is 3.08. The number of hydrogen-bond acceptors (Lipinski definition) is 3. The smallest absolute Gasteiger partial charge is 0.123 e. The number of benzene rings is 1. The maximum Gasteiger partial charge on any atom is 0.123 e. The molecular formula is C14H15FN2S. The van der Waals surface area contributed by atoms with Crippen LogP contribution >= 0.6 is 11.3 Å². The summed E-state index contributed by atoms with van der Waals surface area (Å²) in [5.74, 6) is 0.751. The molecule has 2 heterocycles. The minimum atomic E-state index is -0.170. The number of nitrogens with one attached hydrogen (secondary N) is 1. The van der Waals surface area contributed by atoms with E-state index in [2.05, 4.69) is 10.3 Å². The third-order valence-electron chi connectivity index (χ3n) is 3.60. The predicted molar refractivity (Wildman–Crippen MR) is 71.5 cm³/mol. The van der Waals surface area contributed by atoms with E-state index < -0.39 is 0 Å². The molecule has 1 aromatic carbocycles. The van der Waals surface area contributed by atoms with Crippen LogP contribution in [0.4, 0.5) is 4.39 Å². The lowest BCUT2D eigenvalue weighted by Crippen LogP contribution is -2.33. The van der Waals surface area contributed by atoms with Gasteiger partial charge in [0.1, 0.15) is 5.82 Å². The Morgan fingerprint density at radius 3 is 2.78 bits per heavy atom. The zero-order valence-corrected chi connectivity index (χ0v) is 10.8. The molecule has 0 aliphatic carbocycles. The van der Waals surface area contributed by atoms with Crippen LogP contribution in [0.3, 0.4) is 0 Å². The van der Waals surface area contributed by atoms with Crippen molar-refractivity contribution in [2.75, 3.05) is 13.1 Å². The van der Waals surface area contributed by atoms with Crippen molar-refractivity contribution in [1.82, 2.24) is 10.3 Å². The summed E-state index contributed by atoms with van der Waals surface area (Å²) in [5, 5.41) is 3.43. The van der Waals surface area contributed by atoms with Gasteiger partial charge in [-0.3, -0.25) is 4.98 Å². The minimum absolute atomic E-state index is 0.170. The number of halogens is 1. The van der Waals surface area contributed by atoms with Crippen LogP contribution in [0, 0.1) is 5.82 Å². The van der Waals surface area contributed by atoms with Crippen molar-refractivity contribution >= 4 is 11.3 Å². The lowest BCUT2D eigenvalue weighted by atomic mass is 9.81. The Morgan fingerprint density at radius 2 is 2.06 bits per heavy atom. The average Bonchev–Trinajstić information content (AvgIpc) is 2.93. The SMILES string of the molecule is Fc1ccc(C2CNCCC2c2cncs2)cc1. The third kappa shape index (κ3) is 2.31. The Hall–Kier alpha value is -1.26. The monoisotopic (exact) mass is 262 g/mol. The molecule has 2 nitrogen and oxygen atoms in total. The van der Waals surface area contributed by atoms with Gasteiger partial charge in [-0.25, -0.2) is 4.39 Å². The second-order valence-corrected chi connectivity index (χ2v) is 5.58. The average molecular weight is 262 g/mol. The van der Waals surface area contributed by atoms with E-state index in [0.29, 0.717) is 11.8 Å². The molecule has 0 spiro atoms. The van der Waals surface area contributed by atoms with Crippen LogP contribution in [-0.2, 0) is 0 Å². The molecule has 1 aliphatic rings. The molecule has 0 saturated carbocycles. The zero-order valence-electron chi connectivity index (χ0n) is 9.97. The van der Waals surface area contributed by atoms with Gasteiger partial charge in [0.25, 0.3) is 0 Å². The Morgan fingerprint density at radius 1 is 1.22 bits per heavy atom. The zero-order chi connectivity index (χ0) is 12.4. The maximum absolute atomic E-state index is 13.0. The van der Waals surface area contributed by atoms with E-state index in [1.807, 2.05) is 23.8 Å². The Balaban J connectivity index is 1.90. The minimum Gasteiger partial charge on any atom is -0.316 e. The summed E-state index contributed by atoms with van der Waals surface area (Å²) in [6, 6.07) is 6.91. The van der Waals surface area contributed by atoms with Crippen LogP contribution in [0.2, 0.25) is 0 Å². The summed E-state index contributed by atoms with van der Waals surface area (Å²) in [5.41, 5.74) is 3.10. The molecule has 2 unspecified atom stereocenters. The molecule has 0 amide bonds. The van der Waals surface area contributed by atoms with Crippen molar-refractivity contribution in [2.24, 2.45) is 0 Å². The molecule has 1 saturated heterocycles. The summed E-state index contributed by atoms with van der Waals surface area (Å²) in [4.78, 5) is 5.52. The van der Waals surface area contributed by atoms with Crippen LogP contribution in [0.1, 0.15) is 28.7 Å². The molecule has 94 valence electrons. The molecule has 18 heavy (non-hydrogen) atoms. The molecular weight excluding hydrogens is 247 g/mol. The molecule has 4 heteroatoms. The van der Waals surface area contributed by atoms with Gasteiger partial charge in [-0.1, -0.05) is 12.1 Å². The highest BCUT2D eigenvalue weighted by molar-refractivity contribution is 7.09. The first kappa shape index (κ1) is 11.8. The summed E-state index contributed by atoms with van der Waals surface area (Å²) < 4.78 is 13.0. The van der Waals surface area contributed by atoms with Gasteiger partial charge in [0.05, 0.1) is 5.51 Å². The van der Waals surface area contributed by atoms with E-state index in [1.165, 1.54) is 10.4 Å². The lowest BCUT2D eigenvalue weighted by Gasteiger charge is -2.31. The largest absolute Gasteiger partial charge is 0.316 e. The molecule has 1 fully saturated rings. The number of rotatable bonds is 2. The fraction of sp³-hybridized carbons (Fsp3) is 0.357. The van der Waals surface area contributed by atoms with Crippen molar-refractivity contribution < 1.29 is 4.39 Å². The van der Waals surface area contributed by atoms with Gasteiger partial charge in [0.15, 0.2) is 0 Å². The summed E-state index contributed by atoms with van der Waals surface area (Å²) in [7, 11) is 0. The van der Waals surface area contributed by atoms with E-state index in [4.69, 9.17) is 0 Å². The lowest BCUT2D eigenvalue weighted by molar-refractivity contribution is 0.407. The van der Waals surface area contributed by atoms with Crippen molar-refractivity contribution in [3.63, 3.8) is 0 Å². The topological polar surface area (TPSA) is 24.9 Å². The number of hydrogen-bond donors (Lipinski definition) is 1. The molecule has 3 rings (SSSR count). The number of thiazole rings is 1. The second-order valence-electron chi connectivity index (χ2n) is 4.66. The molecule has 1 N–H and O–H groups in total. The summed E-state index contributed by atoms with van der Waals surface area (Å²) in [6.45, 7) is 1.99. The third-order valence-corrected chi connectivity index (χ3v) is 4.50. The van der Waals surface area contributed by atoms with Crippen LogP contribution < -0.4 is 5.32 Å². The van der Waals surface area contributed by atoms with E-state index in [9.17, 15) is 4.39 Å². The second kappa shape index (κ2) is 5.16. The molecule has 2 atom stereocenters. The van der Waals surface area contributed by atoms with Gasteiger partial charge in [-0.2, -0.15) is 0 Å². The highest BCUT2D eigenvalue weighted by Gasteiger charge is 2.28. The van der Waals surface area contributed by atoms with Gasteiger partial charge in [0, 0.05) is 29.5 Å². The first-order valence-electron chi connectivity index (χ1n) is 6.19. The fourth-order valence-corrected chi connectivity index (χ4v) is 3.49. The molecule has 1 aromatic heterocycles. The van der Waals surface area contributed by atoms with E-state index in [0.717, 1.165) is 19.5 Å². The van der Waals surface area contributed by atoms with Gasteiger partial charge in [-0.05, 0) is 30.7 Å². The Labute approximate surface area is 110 Å². The molecule has 0 bridgehead atoms. The number of nitrogens with zero attached hydrogens (tertiary/aromatic N) is 1. The van der Waals surface area contributed by atoms with E-state index in [1.54, 1.807) is 23.5 Å². The Kier molecular flexibility index (Phi) is 3.39. The number of piperidine rings is 1. The quantitative estimate of drug-likeness (QED) is 0.899. The van der Waals surface area contributed by atoms with E-state index in [-0.39, 0.29) is 5.82 Å². The van der Waals surface area contributed by atoms with E-state index >= 15 is 0 Å². The standard InChI is InChI=1S/C14H15FN2S/c15-11-3-1-10(2-4-11)13-7-16-6-5-12(13)14-8-17-9-18-14/h1-4,8-9,12-13,16H,5-7H2. The van der Waals surface area contributed by atoms with Crippen LogP contribution in [0.15, 0.2) is 36.0 Å². The molecule has 2 aromatic rings. The van der Waals surface area contributed by atoms with Crippen LogP contribution in [0.5, 0.6) is 0 Å². The highest BCUT2D eigenvalue weighted by Crippen LogP contribution is 2.38. The first-order valence-corrected chi connectivity index (χ1v) is 7.07. The highest BCUT2D eigenvalue weighted by atomic mass is 32.1. The van der Waals surface area contributed by atoms with Gasteiger partial charge >= 0.3 is 0 Å². The van der Waals surface area contributed by atoms with Gasteiger partial charge < -0.3 is 5.32 Å². The van der Waals surface area contributed by atoms with Crippen molar-refractivity contribution in [1.29, 1.82) is 0 Å². The van der Waals surface area contributed by atoms with Crippen molar-refractivity contribution in [3.05, 3.63) is 52.2 Å². The first-order chi connectivity index (χ1) is 8.84. The maximum atomic E-state index is 13.0. The molecule has 1 aliphatic heterocycles. The molecule has 0 radical (unpaired) electrons. The van der Waals surface area contributed by atoms with Crippen LogP contribution in [-0.4, -0.2) is 18.1 Å². The van der Waals surface area contributed by atoms with Gasteiger partial charge in [-0.15, -0.1) is 11.3 Å². The van der Waals surface area contributed by atoms with Gasteiger partial charge in [0.2, 0.25) is 0 Å². The number of aromatic nitrogens is 1. The predicted octanol–water partition coefficient (Wildman–Crippen LogP) is 3.14. The Bertz CT molecular complexity index is 495. The normalized spacial score (nSPS) is 24.1.